The van der Waals surface area contributed by atoms with E-state index in [0.717, 1.165) is 0 Å². The Labute approximate surface area is 133 Å². The summed E-state index contributed by atoms with van der Waals surface area (Å²) in [6.45, 7) is 1.97. The second-order valence-electron chi connectivity index (χ2n) is 5.39. The Kier molecular flexibility index (Phi) is 4.23. The van der Waals surface area contributed by atoms with Crippen LogP contribution in [0.15, 0.2) is 53.5 Å². The number of amides is 2. The molecule has 6 heteroatoms. The number of pyridine rings is 1. The van der Waals surface area contributed by atoms with Crippen molar-refractivity contribution < 1.29 is 9.59 Å². The van der Waals surface area contributed by atoms with Crippen LogP contribution in [0.5, 0.6) is 0 Å². The molecule has 1 aromatic heterocycles. The van der Waals surface area contributed by atoms with E-state index in [4.69, 9.17) is 0 Å². The van der Waals surface area contributed by atoms with Crippen molar-refractivity contribution in [3.63, 3.8) is 0 Å². The van der Waals surface area contributed by atoms with Crippen molar-refractivity contribution in [1.82, 2.24) is 14.8 Å². The van der Waals surface area contributed by atoms with Crippen LogP contribution in [0.3, 0.4) is 0 Å². The van der Waals surface area contributed by atoms with Gasteiger partial charge in [-0.15, -0.1) is 0 Å². The standard InChI is InChI=1S/C17H17N3O3/c21-15-7-6-14(12-18-15)17(23)20-10-8-19(9-11-20)16(22)13-4-2-1-3-5-13/h1-7,12H,8-11H2,(H,18,21). The molecule has 1 aromatic carbocycles. The predicted molar refractivity (Wildman–Crippen MR) is 85.3 cm³/mol. The fourth-order valence-electron chi connectivity index (χ4n) is 2.60. The van der Waals surface area contributed by atoms with Gasteiger partial charge in [-0.3, -0.25) is 14.4 Å². The number of aromatic amines is 1. The SMILES string of the molecule is O=C(c1ccccc1)N1CCN(C(=O)c2ccc(=O)[nH]c2)CC1. The minimum atomic E-state index is -0.236. The smallest absolute Gasteiger partial charge is 0.255 e. The minimum absolute atomic E-state index is 0.0123. The number of rotatable bonds is 2. The number of hydrogen-bond acceptors (Lipinski definition) is 3. The van der Waals surface area contributed by atoms with E-state index < -0.39 is 0 Å². The summed E-state index contributed by atoms with van der Waals surface area (Å²) in [6.07, 6.45) is 1.42. The monoisotopic (exact) mass is 311 g/mol. The summed E-state index contributed by atoms with van der Waals surface area (Å²) < 4.78 is 0. The predicted octanol–water partition coefficient (Wildman–Crippen LogP) is 0.973. The molecule has 1 saturated heterocycles. The maximum atomic E-state index is 12.4. The lowest BCUT2D eigenvalue weighted by Gasteiger charge is -2.34. The molecule has 0 aliphatic carbocycles. The molecule has 2 amide bonds. The Bertz CT molecular complexity index is 742. The number of carbonyl (C=O) groups excluding carboxylic acids is 2. The van der Waals surface area contributed by atoms with E-state index in [9.17, 15) is 14.4 Å². The highest BCUT2D eigenvalue weighted by Crippen LogP contribution is 2.11. The summed E-state index contributed by atoms with van der Waals surface area (Å²) in [4.78, 5) is 41.7. The number of benzene rings is 1. The average Bonchev–Trinajstić information content (AvgIpc) is 2.62. The maximum absolute atomic E-state index is 12.4. The molecule has 0 bridgehead atoms. The van der Waals surface area contributed by atoms with Crippen molar-refractivity contribution in [2.45, 2.75) is 0 Å². The molecule has 1 N–H and O–H groups in total. The van der Waals surface area contributed by atoms with Crippen LogP contribution in [0.25, 0.3) is 0 Å². The number of nitrogens with one attached hydrogen (secondary N) is 1. The van der Waals surface area contributed by atoms with Gasteiger partial charge in [0.1, 0.15) is 0 Å². The summed E-state index contributed by atoms with van der Waals surface area (Å²) in [7, 11) is 0. The highest BCUT2D eigenvalue weighted by Gasteiger charge is 2.25. The fraction of sp³-hybridized carbons (Fsp3) is 0.235. The lowest BCUT2D eigenvalue weighted by atomic mass is 10.1. The number of H-pyrrole nitrogens is 1. The van der Waals surface area contributed by atoms with Crippen LogP contribution < -0.4 is 5.56 Å². The Balaban J connectivity index is 1.62. The lowest BCUT2D eigenvalue weighted by Crippen LogP contribution is -2.50. The van der Waals surface area contributed by atoms with Gasteiger partial charge in [-0.25, -0.2) is 0 Å². The van der Waals surface area contributed by atoms with Gasteiger partial charge >= 0.3 is 0 Å². The van der Waals surface area contributed by atoms with Gasteiger partial charge in [-0.2, -0.15) is 0 Å². The van der Waals surface area contributed by atoms with Gasteiger partial charge in [0.15, 0.2) is 0 Å². The third-order valence-electron chi connectivity index (χ3n) is 3.91. The second-order valence-corrected chi connectivity index (χ2v) is 5.39. The van der Waals surface area contributed by atoms with E-state index >= 15 is 0 Å². The molecule has 2 aromatic rings. The number of carbonyl (C=O) groups is 2. The summed E-state index contributed by atoms with van der Waals surface area (Å²) in [5, 5.41) is 0. The number of nitrogens with zero attached hydrogens (tertiary/aromatic N) is 2. The lowest BCUT2D eigenvalue weighted by molar-refractivity contribution is 0.0535. The molecule has 1 fully saturated rings. The molecule has 3 rings (SSSR count). The first-order valence-corrected chi connectivity index (χ1v) is 7.47. The molecule has 23 heavy (non-hydrogen) atoms. The van der Waals surface area contributed by atoms with Crippen LogP contribution >= 0.6 is 0 Å². The van der Waals surface area contributed by atoms with Gasteiger partial charge < -0.3 is 14.8 Å². The Morgan fingerprint density at radius 1 is 0.783 bits per heavy atom. The van der Waals surface area contributed by atoms with E-state index in [1.807, 2.05) is 18.2 Å². The average molecular weight is 311 g/mol. The van der Waals surface area contributed by atoms with Gasteiger partial charge in [-0.05, 0) is 18.2 Å². The third kappa shape index (κ3) is 3.31. The molecule has 118 valence electrons. The molecular formula is C17H17N3O3. The maximum Gasteiger partial charge on any atom is 0.255 e. The van der Waals surface area contributed by atoms with Crippen molar-refractivity contribution >= 4 is 11.8 Å². The Morgan fingerprint density at radius 2 is 1.35 bits per heavy atom. The zero-order chi connectivity index (χ0) is 16.2. The van der Waals surface area contributed by atoms with Crippen molar-refractivity contribution in [2.75, 3.05) is 26.2 Å². The van der Waals surface area contributed by atoms with Crippen LogP contribution in [0.4, 0.5) is 0 Å². The zero-order valence-electron chi connectivity index (χ0n) is 12.6. The van der Waals surface area contributed by atoms with Gasteiger partial charge in [0.25, 0.3) is 11.8 Å². The van der Waals surface area contributed by atoms with Gasteiger partial charge in [0, 0.05) is 44.0 Å². The topological polar surface area (TPSA) is 73.5 Å². The first-order chi connectivity index (χ1) is 11.1. The van der Waals surface area contributed by atoms with Crippen molar-refractivity contribution in [3.05, 3.63) is 70.1 Å². The van der Waals surface area contributed by atoms with E-state index in [2.05, 4.69) is 4.98 Å². The van der Waals surface area contributed by atoms with Crippen LogP contribution in [-0.2, 0) is 0 Å². The molecule has 0 radical (unpaired) electrons. The number of hydrogen-bond donors (Lipinski definition) is 1. The molecule has 0 atom stereocenters. The van der Waals surface area contributed by atoms with Gasteiger partial charge in [0.05, 0.1) is 5.56 Å². The molecule has 1 aliphatic heterocycles. The zero-order valence-corrected chi connectivity index (χ0v) is 12.6. The second kappa shape index (κ2) is 6.48. The Hall–Kier alpha value is -2.89. The van der Waals surface area contributed by atoms with Crippen LogP contribution in [0, 0.1) is 0 Å². The fourth-order valence-corrected chi connectivity index (χ4v) is 2.60. The minimum Gasteiger partial charge on any atom is -0.335 e. The molecule has 0 saturated carbocycles. The number of piperazine rings is 1. The largest absolute Gasteiger partial charge is 0.335 e. The van der Waals surface area contributed by atoms with Crippen molar-refractivity contribution in [1.29, 1.82) is 0 Å². The van der Waals surface area contributed by atoms with Crippen LogP contribution in [-0.4, -0.2) is 52.8 Å². The summed E-state index contributed by atoms with van der Waals surface area (Å²) >= 11 is 0. The summed E-state index contributed by atoms with van der Waals surface area (Å²) in [5.41, 5.74) is 0.875. The third-order valence-corrected chi connectivity index (χ3v) is 3.91. The normalized spacial score (nSPS) is 14.6. The molecule has 0 spiro atoms. The highest BCUT2D eigenvalue weighted by molar-refractivity contribution is 5.95. The van der Waals surface area contributed by atoms with Gasteiger partial charge in [-0.1, -0.05) is 18.2 Å². The van der Waals surface area contributed by atoms with E-state index in [0.29, 0.717) is 37.3 Å². The molecular weight excluding hydrogens is 294 g/mol. The van der Waals surface area contributed by atoms with E-state index in [1.54, 1.807) is 21.9 Å². The Morgan fingerprint density at radius 3 is 1.87 bits per heavy atom. The van der Waals surface area contributed by atoms with E-state index in [1.165, 1.54) is 18.3 Å². The van der Waals surface area contributed by atoms with Gasteiger partial charge in [0.2, 0.25) is 5.56 Å². The molecule has 6 nitrogen and oxygen atoms in total. The van der Waals surface area contributed by atoms with E-state index in [-0.39, 0.29) is 17.4 Å². The first kappa shape index (κ1) is 15.0. The highest BCUT2D eigenvalue weighted by atomic mass is 16.2. The van der Waals surface area contributed by atoms with Crippen LogP contribution in [0.1, 0.15) is 20.7 Å². The van der Waals surface area contributed by atoms with Crippen molar-refractivity contribution in [2.24, 2.45) is 0 Å². The summed E-state index contributed by atoms with van der Waals surface area (Å²) in [5.74, 6) is -0.144. The molecule has 0 unspecified atom stereocenters. The number of aromatic nitrogens is 1. The molecule has 1 aliphatic rings. The van der Waals surface area contributed by atoms with Crippen LogP contribution in [0.2, 0.25) is 0 Å². The summed E-state index contributed by atoms with van der Waals surface area (Å²) in [6, 6.07) is 12.0. The molecule has 2 heterocycles. The quantitative estimate of drug-likeness (QED) is 0.898. The van der Waals surface area contributed by atoms with Crippen molar-refractivity contribution in [3.8, 4) is 0 Å². The first-order valence-electron chi connectivity index (χ1n) is 7.47.